The van der Waals surface area contributed by atoms with Gasteiger partial charge in [-0.3, -0.25) is 4.79 Å². The lowest BCUT2D eigenvalue weighted by Crippen LogP contribution is -2.53. The average molecular weight is 264 g/mol. The first-order valence-corrected chi connectivity index (χ1v) is 6.74. The summed E-state index contributed by atoms with van der Waals surface area (Å²) in [6.07, 6.45) is 1.47. The van der Waals surface area contributed by atoms with Crippen molar-refractivity contribution < 1.29 is 9.53 Å². The topological polar surface area (TPSA) is 64.4 Å². The van der Waals surface area contributed by atoms with Gasteiger partial charge in [0.25, 0.3) is 0 Å². The lowest BCUT2D eigenvalue weighted by Gasteiger charge is -2.24. The molecule has 0 aliphatic rings. The number of nitrogens with one attached hydrogen (secondary N) is 1. The van der Waals surface area contributed by atoms with E-state index in [1.54, 1.807) is 6.92 Å². The van der Waals surface area contributed by atoms with Gasteiger partial charge in [-0.05, 0) is 32.4 Å². The second kappa shape index (κ2) is 7.14. The Kier molecular flexibility index (Phi) is 5.83. The van der Waals surface area contributed by atoms with Crippen molar-refractivity contribution in [2.75, 3.05) is 6.54 Å². The molecule has 2 atom stereocenters. The minimum Gasteiger partial charge on any atom is -0.489 e. The molecular weight excluding hydrogens is 240 g/mol. The number of hydrogen-bond acceptors (Lipinski definition) is 3. The van der Waals surface area contributed by atoms with Crippen LogP contribution >= 0.6 is 0 Å². The fraction of sp³-hybridized carbons (Fsp3) is 0.533. The minimum absolute atomic E-state index is 0.0937. The fourth-order valence-electron chi connectivity index (χ4n) is 1.84. The highest BCUT2D eigenvalue weighted by Crippen LogP contribution is 2.11. The molecule has 0 spiro atoms. The van der Waals surface area contributed by atoms with Crippen molar-refractivity contribution in [3.05, 3.63) is 30.3 Å². The van der Waals surface area contributed by atoms with E-state index in [2.05, 4.69) is 5.32 Å². The summed E-state index contributed by atoms with van der Waals surface area (Å²) in [7, 11) is 0. The zero-order chi connectivity index (χ0) is 14.3. The van der Waals surface area contributed by atoms with Crippen molar-refractivity contribution in [3.63, 3.8) is 0 Å². The predicted octanol–water partition coefficient (Wildman–Crippen LogP) is 2.09. The number of benzene rings is 1. The highest BCUT2D eigenvalue weighted by atomic mass is 16.5. The normalized spacial score (nSPS) is 15.4. The van der Waals surface area contributed by atoms with E-state index in [-0.39, 0.29) is 12.0 Å². The summed E-state index contributed by atoms with van der Waals surface area (Å²) in [5.74, 6) is 0.672. The molecule has 0 bridgehead atoms. The standard InChI is InChI=1S/C15H24N2O2/c1-4-10-15(3,16)14(18)17-11-12(2)19-13-8-6-5-7-9-13/h5-9,12H,4,10-11,16H2,1-3H3,(H,17,18). The minimum atomic E-state index is -0.804. The number of ether oxygens (including phenoxy) is 1. The molecule has 1 aromatic rings. The lowest BCUT2D eigenvalue weighted by molar-refractivity contribution is -0.126. The summed E-state index contributed by atoms with van der Waals surface area (Å²) in [5, 5.41) is 2.84. The van der Waals surface area contributed by atoms with Crippen LogP contribution < -0.4 is 15.8 Å². The Bertz CT molecular complexity index is 390. The highest BCUT2D eigenvalue weighted by Gasteiger charge is 2.27. The number of carbonyl (C=O) groups excluding carboxylic acids is 1. The van der Waals surface area contributed by atoms with Crippen LogP contribution in [0.25, 0.3) is 0 Å². The third-order valence-corrected chi connectivity index (χ3v) is 2.92. The molecule has 1 aromatic carbocycles. The van der Waals surface area contributed by atoms with Crippen molar-refractivity contribution in [3.8, 4) is 5.75 Å². The van der Waals surface area contributed by atoms with Crippen LogP contribution in [0.4, 0.5) is 0 Å². The largest absolute Gasteiger partial charge is 0.489 e. The van der Waals surface area contributed by atoms with E-state index in [0.29, 0.717) is 13.0 Å². The van der Waals surface area contributed by atoms with E-state index in [1.165, 1.54) is 0 Å². The van der Waals surface area contributed by atoms with Crippen LogP contribution in [-0.4, -0.2) is 24.1 Å². The van der Waals surface area contributed by atoms with Gasteiger partial charge < -0.3 is 15.8 Å². The first-order chi connectivity index (χ1) is 8.95. The van der Waals surface area contributed by atoms with Gasteiger partial charge in [-0.15, -0.1) is 0 Å². The molecule has 3 N–H and O–H groups in total. The Balaban J connectivity index is 2.38. The van der Waals surface area contributed by atoms with Crippen LogP contribution in [-0.2, 0) is 4.79 Å². The van der Waals surface area contributed by atoms with Gasteiger partial charge >= 0.3 is 0 Å². The third kappa shape index (κ3) is 5.30. The molecule has 0 aliphatic heterocycles. The summed E-state index contributed by atoms with van der Waals surface area (Å²) in [6, 6.07) is 9.55. The Morgan fingerprint density at radius 2 is 2.05 bits per heavy atom. The van der Waals surface area contributed by atoms with E-state index in [9.17, 15) is 4.79 Å². The van der Waals surface area contributed by atoms with Crippen molar-refractivity contribution in [1.29, 1.82) is 0 Å². The Morgan fingerprint density at radius 1 is 1.42 bits per heavy atom. The summed E-state index contributed by atoms with van der Waals surface area (Å²) in [6.45, 7) is 6.14. The zero-order valence-electron chi connectivity index (χ0n) is 12.0. The zero-order valence-corrected chi connectivity index (χ0v) is 12.0. The number of carbonyl (C=O) groups is 1. The molecule has 2 unspecified atom stereocenters. The van der Waals surface area contributed by atoms with Gasteiger partial charge in [0.1, 0.15) is 11.9 Å². The van der Waals surface area contributed by atoms with E-state index in [0.717, 1.165) is 12.2 Å². The van der Waals surface area contributed by atoms with Gasteiger partial charge in [-0.2, -0.15) is 0 Å². The quantitative estimate of drug-likeness (QED) is 0.792. The Hall–Kier alpha value is -1.55. The molecule has 0 saturated carbocycles. The van der Waals surface area contributed by atoms with Crippen molar-refractivity contribution in [2.45, 2.75) is 45.3 Å². The second-order valence-corrected chi connectivity index (χ2v) is 5.12. The number of para-hydroxylation sites is 1. The van der Waals surface area contributed by atoms with Crippen molar-refractivity contribution in [2.24, 2.45) is 5.73 Å². The maximum atomic E-state index is 11.9. The van der Waals surface area contributed by atoms with Crippen LogP contribution in [0.3, 0.4) is 0 Å². The second-order valence-electron chi connectivity index (χ2n) is 5.12. The van der Waals surface area contributed by atoms with Gasteiger partial charge in [-0.25, -0.2) is 0 Å². The molecule has 0 radical (unpaired) electrons. The molecule has 1 amide bonds. The highest BCUT2D eigenvalue weighted by molar-refractivity contribution is 5.85. The van der Waals surface area contributed by atoms with E-state index < -0.39 is 5.54 Å². The molecule has 0 saturated heterocycles. The summed E-state index contributed by atoms with van der Waals surface area (Å²) in [5.41, 5.74) is 5.15. The number of amides is 1. The molecule has 19 heavy (non-hydrogen) atoms. The van der Waals surface area contributed by atoms with Crippen LogP contribution in [0.5, 0.6) is 5.75 Å². The molecule has 4 heteroatoms. The Labute approximate surface area is 115 Å². The molecule has 0 fully saturated rings. The molecular formula is C15H24N2O2. The van der Waals surface area contributed by atoms with Crippen LogP contribution in [0, 0.1) is 0 Å². The van der Waals surface area contributed by atoms with Gasteiger partial charge in [-0.1, -0.05) is 31.5 Å². The lowest BCUT2D eigenvalue weighted by atomic mass is 9.96. The fourth-order valence-corrected chi connectivity index (χ4v) is 1.84. The summed E-state index contributed by atoms with van der Waals surface area (Å²) < 4.78 is 5.68. The van der Waals surface area contributed by atoms with Crippen LogP contribution in [0.1, 0.15) is 33.6 Å². The van der Waals surface area contributed by atoms with Gasteiger partial charge in [0.05, 0.1) is 12.1 Å². The third-order valence-electron chi connectivity index (χ3n) is 2.92. The maximum absolute atomic E-state index is 11.9. The van der Waals surface area contributed by atoms with Crippen LogP contribution in [0.2, 0.25) is 0 Å². The van der Waals surface area contributed by atoms with Gasteiger partial charge in [0.15, 0.2) is 0 Å². The molecule has 4 nitrogen and oxygen atoms in total. The molecule has 0 aliphatic carbocycles. The summed E-state index contributed by atoms with van der Waals surface area (Å²) >= 11 is 0. The molecule has 0 heterocycles. The van der Waals surface area contributed by atoms with E-state index in [4.69, 9.17) is 10.5 Å². The SMILES string of the molecule is CCCC(C)(N)C(=O)NCC(C)Oc1ccccc1. The van der Waals surface area contributed by atoms with Crippen LogP contribution in [0.15, 0.2) is 30.3 Å². The van der Waals surface area contributed by atoms with Crippen molar-refractivity contribution >= 4 is 5.91 Å². The van der Waals surface area contributed by atoms with E-state index >= 15 is 0 Å². The number of hydrogen-bond donors (Lipinski definition) is 2. The molecule has 0 aromatic heterocycles. The smallest absolute Gasteiger partial charge is 0.239 e. The van der Waals surface area contributed by atoms with Gasteiger partial charge in [0.2, 0.25) is 5.91 Å². The molecule has 1 rings (SSSR count). The predicted molar refractivity (Wildman–Crippen MR) is 77.0 cm³/mol. The maximum Gasteiger partial charge on any atom is 0.239 e. The van der Waals surface area contributed by atoms with Gasteiger partial charge in [0, 0.05) is 0 Å². The molecule has 106 valence electrons. The number of nitrogens with two attached hydrogens (primary N) is 1. The average Bonchev–Trinajstić information content (AvgIpc) is 2.37. The Morgan fingerprint density at radius 3 is 2.63 bits per heavy atom. The first-order valence-electron chi connectivity index (χ1n) is 6.74. The number of rotatable bonds is 7. The van der Waals surface area contributed by atoms with E-state index in [1.807, 2.05) is 44.2 Å². The monoisotopic (exact) mass is 264 g/mol. The summed E-state index contributed by atoms with van der Waals surface area (Å²) in [4.78, 5) is 11.9. The van der Waals surface area contributed by atoms with Crippen molar-refractivity contribution in [1.82, 2.24) is 5.32 Å². The first kappa shape index (κ1) is 15.5.